The van der Waals surface area contributed by atoms with Gasteiger partial charge >= 0.3 is 12.4 Å². The number of amides is 1. The van der Waals surface area contributed by atoms with Crippen molar-refractivity contribution in [2.24, 2.45) is 0 Å². The molecule has 2 aromatic carbocycles. The van der Waals surface area contributed by atoms with Crippen molar-refractivity contribution in [1.82, 2.24) is 10.2 Å². The number of ether oxygens (including phenoxy) is 1. The molecule has 0 unspecified atom stereocenters. The predicted octanol–water partition coefficient (Wildman–Crippen LogP) is 6.68. The van der Waals surface area contributed by atoms with Gasteiger partial charge in [-0.3, -0.25) is 4.79 Å². The van der Waals surface area contributed by atoms with Crippen LogP contribution in [0.25, 0.3) is 0 Å². The number of aromatic nitrogens is 2. The summed E-state index contributed by atoms with van der Waals surface area (Å²) in [4.78, 5) is 13.0. The van der Waals surface area contributed by atoms with Gasteiger partial charge in [0.25, 0.3) is 11.8 Å². The summed E-state index contributed by atoms with van der Waals surface area (Å²) in [7, 11) is -3.69. The van der Waals surface area contributed by atoms with Crippen LogP contribution in [0.1, 0.15) is 52.0 Å². The average molecular weight is 606 g/mol. The number of sulfone groups is 1. The van der Waals surface area contributed by atoms with Gasteiger partial charge in [-0.25, -0.2) is 12.8 Å². The Labute approximate surface area is 229 Å². The summed E-state index contributed by atoms with van der Waals surface area (Å²) in [6, 6.07) is 6.82. The highest BCUT2D eigenvalue weighted by atomic mass is 32.2. The molecular weight excluding hydrogens is 583 g/mol. The van der Waals surface area contributed by atoms with Crippen molar-refractivity contribution in [1.29, 1.82) is 0 Å². The molecule has 1 saturated carbocycles. The number of alkyl halides is 6. The molecule has 1 aliphatic rings. The predicted molar refractivity (Wildman–Crippen MR) is 132 cm³/mol. The molecular formula is C26H22F7N3O4S. The van der Waals surface area contributed by atoms with E-state index in [1.807, 2.05) is 0 Å². The van der Waals surface area contributed by atoms with Crippen molar-refractivity contribution in [3.63, 3.8) is 0 Å². The van der Waals surface area contributed by atoms with Gasteiger partial charge in [-0.2, -0.15) is 26.3 Å². The van der Waals surface area contributed by atoms with E-state index < -0.39 is 73.3 Å². The minimum atomic E-state index is -5.03. The summed E-state index contributed by atoms with van der Waals surface area (Å²) in [6.45, 7) is 2.05. The smallest absolute Gasteiger partial charge is 0.435 e. The van der Waals surface area contributed by atoms with E-state index in [-0.39, 0.29) is 35.4 Å². The molecule has 1 N–H and O–H groups in total. The monoisotopic (exact) mass is 605 g/mol. The number of anilines is 1. The van der Waals surface area contributed by atoms with Crippen molar-refractivity contribution < 1.29 is 48.7 Å². The van der Waals surface area contributed by atoms with Crippen LogP contribution in [-0.2, 0) is 21.4 Å². The Morgan fingerprint density at radius 1 is 1.00 bits per heavy atom. The highest BCUT2D eigenvalue weighted by Crippen LogP contribution is 2.55. The normalized spacial score (nSPS) is 15.3. The topological polar surface area (TPSA) is 98.2 Å². The Balaban J connectivity index is 1.77. The van der Waals surface area contributed by atoms with Crippen LogP contribution in [0.15, 0.2) is 41.3 Å². The van der Waals surface area contributed by atoms with Crippen molar-refractivity contribution in [2.45, 2.75) is 55.8 Å². The second-order valence-corrected chi connectivity index (χ2v) is 11.7. The van der Waals surface area contributed by atoms with Crippen LogP contribution in [0.4, 0.5) is 36.4 Å². The lowest BCUT2D eigenvalue weighted by Gasteiger charge is -2.43. The van der Waals surface area contributed by atoms with E-state index in [4.69, 9.17) is 4.74 Å². The van der Waals surface area contributed by atoms with Crippen molar-refractivity contribution >= 4 is 21.4 Å². The molecule has 41 heavy (non-hydrogen) atoms. The summed E-state index contributed by atoms with van der Waals surface area (Å²) in [5, 5.41) is 8.77. The van der Waals surface area contributed by atoms with Gasteiger partial charge in [0, 0.05) is 23.1 Å². The zero-order chi connectivity index (χ0) is 30.5. The number of carbonyl (C=O) groups is 1. The van der Waals surface area contributed by atoms with Crippen LogP contribution in [0.3, 0.4) is 0 Å². The molecule has 0 aliphatic heterocycles. The maximum absolute atomic E-state index is 15.3. The van der Waals surface area contributed by atoms with Crippen molar-refractivity contribution in [3.05, 3.63) is 70.2 Å². The zero-order valence-electron chi connectivity index (χ0n) is 21.7. The molecule has 0 spiro atoms. The quantitative estimate of drug-likeness (QED) is 0.315. The Bertz CT molecular complexity index is 1630. The van der Waals surface area contributed by atoms with Gasteiger partial charge in [-0.15, -0.1) is 10.2 Å². The van der Waals surface area contributed by atoms with Crippen LogP contribution in [0.2, 0.25) is 0 Å². The maximum Gasteiger partial charge on any atom is 0.435 e. The SMILES string of the molecule is Cc1c(Oc2nnc(C(F)(F)F)c(C)c2C(=O)Nc2cccc(S(C)(=O)=O)c2)ccc(C2(C(F)(F)F)CCC2)c1F. The lowest BCUT2D eigenvalue weighted by atomic mass is 9.63. The van der Waals surface area contributed by atoms with Gasteiger partial charge in [0.05, 0.1) is 10.3 Å². The van der Waals surface area contributed by atoms with E-state index >= 15 is 4.39 Å². The minimum Gasteiger partial charge on any atom is -0.437 e. The van der Waals surface area contributed by atoms with Gasteiger partial charge in [0.1, 0.15) is 17.1 Å². The van der Waals surface area contributed by atoms with Crippen LogP contribution in [0, 0.1) is 19.7 Å². The lowest BCUT2D eigenvalue weighted by molar-refractivity contribution is -0.213. The number of rotatable bonds is 6. The molecule has 15 heteroatoms. The Morgan fingerprint density at radius 2 is 1.66 bits per heavy atom. The average Bonchev–Trinajstić information content (AvgIpc) is 2.80. The number of hydrogen-bond donors (Lipinski definition) is 1. The fourth-order valence-corrected chi connectivity index (χ4v) is 5.26. The van der Waals surface area contributed by atoms with E-state index in [1.54, 1.807) is 0 Å². The van der Waals surface area contributed by atoms with Crippen LogP contribution in [-0.4, -0.2) is 37.0 Å². The molecule has 0 radical (unpaired) electrons. The largest absolute Gasteiger partial charge is 0.437 e. The van der Waals surface area contributed by atoms with E-state index in [2.05, 4.69) is 15.5 Å². The third-order valence-electron chi connectivity index (χ3n) is 7.01. The van der Waals surface area contributed by atoms with Gasteiger partial charge < -0.3 is 10.1 Å². The number of hydrogen-bond acceptors (Lipinski definition) is 6. The number of carbonyl (C=O) groups excluding carboxylic acids is 1. The number of halogens is 7. The number of nitrogens with one attached hydrogen (secondary N) is 1. The third kappa shape index (κ3) is 5.59. The molecule has 0 atom stereocenters. The van der Waals surface area contributed by atoms with Crippen LogP contribution < -0.4 is 10.1 Å². The molecule has 4 rings (SSSR count). The molecule has 220 valence electrons. The maximum atomic E-state index is 15.3. The first-order chi connectivity index (χ1) is 18.9. The number of nitrogens with zero attached hydrogens (tertiary/aromatic N) is 2. The van der Waals surface area contributed by atoms with E-state index in [0.29, 0.717) is 0 Å². The van der Waals surface area contributed by atoms with E-state index in [0.717, 1.165) is 38.3 Å². The first-order valence-electron chi connectivity index (χ1n) is 12.0. The molecule has 1 fully saturated rings. The van der Waals surface area contributed by atoms with Gasteiger partial charge in [0.15, 0.2) is 15.5 Å². The highest BCUT2D eigenvalue weighted by Gasteiger charge is 2.60. The van der Waals surface area contributed by atoms with Crippen LogP contribution in [0.5, 0.6) is 11.6 Å². The second-order valence-electron chi connectivity index (χ2n) is 9.69. The molecule has 0 bridgehead atoms. The Hall–Kier alpha value is -3.75. The molecule has 1 aliphatic carbocycles. The molecule has 1 heterocycles. The van der Waals surface area contributed by atoms with Gasteiger partial charge in [-0.1, -0.05) is 18.6 Å². The van der Waals surface area contributed by atoms with Crippen molar-refractivity contribution in [3.8, 4) is 11.6 Å². The third-order valence-corrected chi connectivity index (χ3v) is 8.12. The van der Waals surface area contributed by atoms with E-state index in [9.17, 15) is 39.6 Å². The van der Waals surface area contributed by atoms with Crippen LogP contribution >= 0.6 is 0 Å². The molecule has 3 aromatic rings. The minimum absolute atomic E-state index is 0.0850. The fraction of sp³-hybridized carbons (Fsp3) is 0.346. The summed E-state index contributed by atoms with van der Waals surface area (Å²) >= 11 is 0. The van der Waals surface area contributed by atoms with Gasteiger partial charge in [-0.05, 0) is 56.5 Å². The summed E-state index contributed by atoms with van der Waals surface area (Å²) in [5.41, 5.74) is -6.40. The summed E-state index contributed by atoms with van der Waals surface area (Å²) < 4.78 is 127. The summed E-state index contributed by atoms with van der Waals surface area (Å²) in [6.07, 6.45) is -9.18. The standard InChI is InChI=1S/C26H22F7N3O4S/c1-13-18(9-8-17(20(13)27)24(10-5-11-24)26(31,32)33)40-23-19(14(2)21(35-36-23)25(28,29)30)22(37)34-15-6-4-7-16(12-15)41(3,38)39/h4,6-9,12H,5,10-11H2,1-3H3,(H,34,37). The first kappa shape index (κ1) is 30.2. The molecule has 7 nitrogen and oxygen atoms in total. The summed E-state index contributed by atoms with van der Waals surface area (Å²) in [5.74, 6) is -3.58. The zero-order valence-corrected chi connectivity index (χ0v) is 22.5. The lowest BCUT2D eigenvalue weighted by Crippen LogP contribution is -2.48. The fourth-order valence-electron chi connectivity index (χ4n) is 4.59. The van der Waals surface area contributed by atoms with Gasteiger partial charge in [0.2, 0.25) is 0 Å². The second kappa shape index (κ2) is 10.3. The number of benzene rings is 2. The Morgan fingerprint density at radius 3 is 2.20 bits per heavy atom. The Kier molecular flexibility index (Phi) is 7.56. The molecule has 1 amide bonds. The van der Waals surface area contributed by atoms with Crippen molar-refractivity contribution in [2.75, 3.05) is 11.6 Å². The molecule has 0 saturated heterocycles. The molecule has 1 aromatic heterocycles. The van der Waals surface area contributed by atoms with E-state index in [1.165, 1.54) is 18.2 Å². The highest BCUT2D eigenvalue weighted by molar-refractivity contribution is 7.90. The first-order valence-corrected chi connectivity index (χ1v) is 13.9.